The molecule has 21 heavy (non-hydrogen) atoms. The lowest BCUT2D eigenvalue weighted by Crippen LogP contribution is -2.50. The summed E-state index contributed by atoms with van der Waals surface area (Å²) in [6, 6.07) is 8.16. The summed E-state index contributed by atoms with van der Waals surface area (Å²) < 4.78 is 5.44. The highest BCUT2D eigenvalue weighted by molar-refractivity contribution is 5.58. The van der Waals surface area contributed by atoms with Crippen molar-refractivity contribution in [2.45, 2.75) is 26.9 Å². The van der Waals surface area contributed by atoms with Crippen molar-refractivity contribution in [1.29, 1.82) is 0 Å². The SMILES string of the molecule is COc1ccccc1N1CCN(CC(O)C(C)(C)C)CC1. The lowest BCUT2D eigenvalue weighted by molar-refractivity contribution is 0.0270. The number of aliphatic hydroxyl groups excluding tert-OH is 1. The molecule has 4 heteroatoms. The number of para-hydroxylation sites is 2. The van der Waals surface area contributed by atoms with Crippen molar-refractivity contribution in [2.24, 2.45) is 5.41 Å². The lowest BCUT2D eigenvalue weighted by atomic mass is 9.89. The van der Waals surface area contributed by atoms with Crippen LogP contribution in [0, 0.1) is 5.41 Å². The second-order valence-corrected chi connectivity index (χ2v) is 6.84. The van der Waals surface area contributed by atoms with Crippen molar-refractivity contribution in [3.05, 3.63) is 24.3 Å². The van der Waals surface area contributed by atoms with Crippen LogP contribution in [-0.2, 0) is 0 Å². The van der Waals surface area contributed by atoms with Gasteiger partial charge in [0, 0.05) is 32.7 Å². The maximum absolute atomic E-state index is 10.2. The first kappa shape index (κ1) is 16.1. The zero-order valence-corrected chi connectivity index (χ0v) is 13.7. The van der Waals surface area contributed by atoms with Gasteiger partial charge in [-0.1, -0.05) is 32.9 Å². The maximum Gasteiger partial charge on any atom is 0.142 e. The van der Waals surface area contributed by atoms with Gasteiger partial charge in [-0.3, -0.25) is 4.90 Å². The van der Waals surface area contributed by atoms with Gasteiger partial charge in [0.15, 0.2) is 0 Å². The van der Waals surface area contributed by atoms with E-state index in [-0.39, 0.29) is 11.5 Å². The monoisotopic (exact) mass is 292 g/mol. The average Bonchev–Trinajstić information content (AvgIpc) is 2.47. The number of rotatable bonds is 4. The minimum atomic E-state index is -0.282. The fourth-order valence-electron chi connectivity index (χ4n) is 2.58. The van der Waals surface area contributed by atoms with E-state index in [4.69, 9.17) is 4.74 Å². The third-order valence-electron chi connectivity index (χ3n) is 4.23. The Kier molecular flexibility index (Phi) is 5.12. The molecule has 1 aromatic rings. The topological polar surface area (TPSA) is 35.9 Å². The molecule has 1 aromatic carbocycles. The van der Waals surface area contributed by atoms with Crippen LogP contribution in [0.15, 0.2) is 24.3 Å². The van der Waals surface area contributed by atoms with E-state index >= 15 is 0 Å². The highest BCUT2D eigenvalue weighted by Gasteiger charge is 2.26. The Bertz CT molecular complexity index is 448. The number of hydrogen-bond donors (Lipinski definition) is 1. The van der Waals surface area contributed by atoms with Gasteiger partial charge in [-0.05, 0) is 17.5 Å². The fraction of sp³-hybridized carbons (Fsp3) is 0.647. The summed E-state index contributed by atoms with van der Waals surface area (Å²) in [5.74, 6) is 0.931. The molecule has 0 amide bonds. The van der Waals surface area contributed by atoms with E-state index in [0.717, 1.165) is 44.2 Å². The van der Waals surface area contributed by atoms with Gasteiger partial charge < -0.3 is 14.7 Å². The standard InChI is InChI=1S/C17H28N2O2/c1-17(2,3)16(20)13-18-9-11-19(12-10-18)14-7-5-6-8-15(14)21-4/h5-8,16,20H,9-13H2,1-4H3. The van der Waals surface area contributed by atoms with Crippen LogP contribution < -0.4 is 9.64 Å². The average molecular weight is 292 g/mol. The van der Waals surface area contributed by atoms with Crippen molar-refractivity contribution < 1.29 is 9.84 Å². The molecule has 2 rings (SSSR count). The number of anilines is 1. The Labute approximate surface area is 128 Å². The first-order valence-electron chi connectivity index (χ1n) is 7.70. The molecule has 0 aromatic heterocycles. The molecule has 1 unspecified atom stereocenters. The Balaban J connectivity index is 1.91. The molecular formula is C17H28N2O2. The molecule has 1 N–H and O–H groups in total. The summed E-state index contributed by atoms with van der Waals surface area (Å²) >= 11 is 0. The number of ether oxygens (including phenoxy) is 1. The summed E-state index contributed by atoms with van der Waals surface area (Å²) in [7, 11) is 1.72. The number of hydrogen-bond acceptors (Lipinski definition) is 4. The van der Waals surface area contributed by atoms with Crippen LogP contribution in [0.1, 0.15) is 20.8 Å². The quantitative estimate of drug-likeness (QED) is 0.923. The molecule has 0 aliphatic carbocycles. The molecule has 0 radical (unpaired) electrons. The molecule has 0 spiro atoms. The van der Waals surface area contributed by atoms with Crippen LogP contribution in [0.25, 0.3) is 0 Å². The number of aliphatic hydroxyl groups is 1. The van der Waals surface area contributed by atoms with Gasteiger partial charge in [-0.25, -0.2) is 0 Å². The molecule has 1 fully saturated rings. The number of piperazine rings is 1. The zero-order valence-electron chi connectivity index (χ0n) is 13.7. The molecule has 1 saturated heterocycles. The fourth-order valence-corrected chi connectivity index (χ4v) is 2.58. The minimum Gasteiger partial charge on any atom is -0.495 e. The number of nitrogens with zero attached hydrogens (tertiary/aromatic N) is 2. The predicted octanol–water partition coefficient (Wildman–Crippen LogP) is 2.22. The molecular weight excluding hydrogens is 264 g/mol. The lowest BCUT2D eigenvalue weighted by Gasteiger charge is -2.39. The molecule has 1 aliphatic heterocycles. The minimum absolute atomic E-state index is 0.0558. The number of benzene rings is 1. The van der Waals surface area contributed by atoms with E-state index < -0.39 is 0 Å². The second-order valence-electron chi connectivity index (χ2n) is 6.84. The largest absolute Gasteiger partial charge is 0.495 e. The summed E-state index contributed by atoms with van der Waals surface area (Å²) in [6.07, 6.45) is -0.282. The normalized spacial score (nSPS) is 18.6. The summed E-state index contributed by atoms with van der Waals surface area (Å²) in [6.45, 7) is 10.9. The van der Waals surface area contributed by atoms with Crippen molar-refractivity contribution in [2.75, 3.05) is 44.7 Å². The number of β-amino-alcohol motifs (C(OH)–C–C–N with tert-alkyl or cyclic N) is 1. The van der Waals surface area contributed by atoms with E-state index in [1.54, 1.807) is 7.11 Å². The molecule has 1 atom stereocenters. The summed E-state index contributed by atoms with van der Waals surface area (Å²) in [4.78, 5) is 4.71. The Morgan fingerprint density at radius 1 is 1.14 bits per heavy atom. The molecule has 0 bridgehead atoms. The van der Waals surface area contributed by atoms with Crippen molar-refractivity contribution in [3.63, 3.8) is 0 Å². The van der Waals surface area contributed by atoms with Gasteiger partial charge in [0.1, 0.15) is 5.75 Å². The smallest absolute Gasteiger partial charge is 0.142 e. The zero-order chi connectivity index (χ0) is 15.5. The van der Waals surface area contributed by atoms with Crippen LogP contribution in [0.5, 0.6) is 5.75 Å². The van der Waals surface area contributed by atoms with Gasteiger partial charge in [-0.2, -0.15) is 0 Å². The van der Waals surface area contributed by atoms with Crippen molar-refractivity contribution >= 4 is 5.69 Å². The van der Waals surface area contributed by atoms with Gasteiger partial charge in [0.2, 0.25) is 0 Å². The van der Waals surface area contributed by atoms with Crippen molar-refractivity contribution in [1.82, 2.24) is 4.90 Å². The molecule has 0 saturated carbocycles. The highest BCUT2D eigenvalue weighted by Crippen LogP contribution is 2.28. The number of methoxy groups -OCH3 is 1. The van der Waals surface area contributed by atoms with E-state index in [0.29, 0.717) is 0 Å². The van der Waals surface area contributed by atoms with Crippen LogP contribution in [0.2, 0.25) is 0 Å². The first-order valence-corrected chi connectivity index (χ1v) is 7.70. The highest BCUT2D eigenvalue weighted by atomic mass is 16.5. The second kappa shape index (κ2) is 6.67. The van der Waals surface area contributed by atoms with E-state index in [9.17, 15) is 5.11 Å². The molecule has 4 nitrogen and oxygen atoms in total. The third kappa shape index (κ3) is 4.11. The van der Waals surface area contributed by atoms with Crippen molar-refractivity contribution in [3.8, 4) is 5.75 Å². The Morgan fingerprint density at radius 2 is 1.76 bits per heavy atom. The Hall–Kier alpha value is -1.26. The molecule has 1 heterocycles. The summed E-state index contributed by atoms with van der Waals surface area (Å²) in [5, 5.41) is 10.2. The third-order valence-corrected chi connectivity index (χ3v) is 4.23. The predicted molar refractivity (Wildman–Crippen MR) is 87.1 cm³/mol. The van der Waals surface area contributed by atoms with E-state index in [2.05, 4.69) is 36.6 Å². The van der Waals surface area contributed by atoms with Gasteiger partial charge in [0.05, 0.1) is 18.9 Å². The van der Waals surface area contributed by atoms with Crippen LogP contribution in [-0.4, -0.2) is 55.9 Å². The van der Waals surface area contributed by atoms with Gasteiger partial charge in [0.25, 0.3) is 0 Å². The van der Waals surface area contributed by atoms with Crippen LogP contribution in [0.4, 0.5) is 5.69 Å². The van der Waals surface area contributed by atoms with Crippen LogP contribution >= 0.6 is 0 Å². The molecule has 118 valence electrons. The maximum atomic E-state index is 10.2. The Morgan fingerprint density at radius 3 is 2.33 bits per heavy atom. The van der Waals surface area contributed by atoms with Gasteiger partial charge in [-0.15, -0.1) is 0 Å². The van der Waals surface area contributed by atoms with Gasteiger partial charge >= 0.3 is 0 Å². The van der Waals surface area contributed by atoms with E-state index in [1.807, 2.05) is 18.2 Å². The van der Waals surface area contributed by atoms with E-state index in [1.165, 1.54) is 0 Å². The summed E-state index contributed by atoms with van der Waals surface area (Å²) in [5.41, 5.74) is 1.11. The first-order chi connectivity index (χ1) is 9.91. The molecule has 1 aliphatic rings. The van der Waals surface area contributed by atoms with Crippen LogP contribution in [0.3, 0.4) is 0 Å².